The second kappa shape index (κ2) is 8.80. The van der Waals surface area contributed by atoms with E-state index in [1.165, 1.54) is 11.6 Å². The Labute approximate surface area is 137 Å². The summed E-state index contributed by atoms with van der Waals surface area (Å²) in [5.41, 5.74) is 3.97. The van der Waals surface area contributed by atoms with Crippen molar-refractivity contribution in [3.8, 4) is 11.1 Å². The molecule has 2 aromatic carbocycles. The Kier molecular flexibility index (Phi) is 6.75. The summed E-state index contributed by atoms with van der Waals surface area (Å²) in [6.45, 7) is 2.14. The molecule has 0 aliphatic rings. The third-order valence-corrected chi connectivity index (χ3v) is 4.31. The zero-order valence-corrected chi connectivity index (χ0v) is 13.6. The predicted octanol–water partition coefficient (Wildman–Crippen LogP) is 3.98. The van der Waals surface area contributed by atoms with Crippen LogP contribution in [0.1, 0.15) is 30.9 Å². The molecule has 23 heavy (non-hydrogen) atoms. The molecule has 0 heterocycles. The van der Waals surface area contributed by atoms with E-state index in [1.54, 1.807) is 6.07 Å². The SMILES string of the molecule is CCc1cc(CCCC(CO)CO)ccc1-c1ccccc1F. The van der Waals surface area contributed by atoms with Crippen molar-refractivity contribution < 1.29 is 14.6 Å². The fourth-order valence-electron chi connectivity index (χ4n) is 2.87. The Morgan fingerprint density at radius 2 is 1.74 bits per heavy atom. The third kappa shape index (κ3) is 4.63. The van der Waals surface area contributed by atoms with E-state index in [4.69, 9.17) is 10.2 Å². The van der Waals surface area contributed by atoms with Crippen molar-refractivity contribution in [3.05, 3.63) is 59.4 Å². The molecule has 0 aliphatic carbocycles. The summed E-state index contributed by atoms with van der Waals surface area (Å²) >= 11 is 0. The molecule has 3 heteroatoms. The summed E-state index contributed by atoms with van der Waals surface area (Å²) in [7, 11) is 0. The molecule has 2 N–H and O–H groups in total. The maximum Gasteiger partial charge on any atom is 0.131 e. The number of rotatable bonds is 8. The molecule has 0 bridgehead atoms. The second-order valence-electron chi connectivity index (χ2n) is 5.95. The average Bonchev–Trinajstić information content (AvgIpc) is 2.59. The lowest BCUT2D eigenvalue weighted by Gasteiger charge is -2.13. The van der Waals surface area contributed by atoms with Gasteiger partial charge in [-0.05, 0) is 48.4 Å². The van der Waals surface area contributed by atoms with Crippen molar-refractivity contribution in [2.75, 3.05) is 13.2 Å². The third-order valence-electron chi connectivity index (χ3n) is 4.31. The Bertz CT molecular complexity index is 621. The fraction of sp³-hybridized carbons (Fsp3) is 0.400. The minimum atomic E-state index is -0.191. The molecule has 0 aliphatic heterocycles. The topological polar surface area (TPSA) is 40.5 Å². The van der Waals surface area contributed by atoms with E-state index in [2.05, 4.69) is 13.0 Å². The highest BCUT2D eigenvalue weighted by atomic mass is 19.1. The van der Waals surface area contributed by atoms with E-state index in [9.17, 15) is 4.39 Å². The number of aliphatic hydroxyl groups is 2. The maximum atomic E-state index is 14.0. The molecule has 2 nitrogen and oxygen atoms in total. The monoisotopic (exact) mass is 316 g/mol. The van der Waals surface area contributed by atoms with Crippen LogP contribution in [-0.4, -0.2) is 23.4 Å². The van der Waals surface area contributed by atoms with Crippen LogP contribution in [-0.2, 0) is 12.8 Å². The summed E-state index contributed by atoms with van der Waals surface area (Å²) in [6.07, 6.45) is 3.49. The van der Waals surface area contributed by atoms with Crippen molar-refractivity contribution in [2.45, 2.75) is 32.6 Å². The van der Waals surface area contributed by atoms with E-state index in [1.807, 2.05) is 24.3 Å². The highest BCUT2D eigenvalue weighted by molar-refractivity contribution is 5.68. The minimum Gasteiger partial charge on any atom is -0.396 e. The van der Waals surface area contributed by atoms with Gasteiger partial charge in [-0.3, -0.25) is 0 Å². The highest BCUT2D eigenvalue weighted by Crippen LogP contribution is 2.28. The first-order valence-corrected chi connectivity index (χ1v) is 8.28. The molecule has 124 valence electrons. The molecule has 0 atom stereocenters. The molecule has 0 saturated heterocycles. The van der Waals surface area contributed by atoms with Crippen LogP contribution in [0.25, 0.3) is 11.1 Å². The standard InChI is InChI=1S/C20H25FO2/c1-2-17-12-15(6-5-7-16(13-22)14-23)10-11-18(17)19-8-3-4-9-20(19)21/h3-4,8-12,16,22-23H,2,5-7,13-14H2,1H3. The molecule has 0 spiro atoms. The van der Waals surface area contributed by atoms with E-state index in [0.717, 1.165) is 36.8 Å². The van der Waals surface area contributed by atoms with Gasteiger partial charge in [0.25, 0.3) is 0 Å². The Morgan fingerprint density at radius 1 is 1.00 bits per heavy atom. The predicted molar refractivity (Wildman–Crippen MR) is 91.8 cm³/mol. The van der Waals surface area contributed by atoms with Gasteiger partial charge in [-0.25, -0.2) is 4.39 Å². The van der Waals surface area contributed by atoms with Gasteiger partial charge in [-0.1, -0.05) is 43.3 Å². The highest BCUT2D eigenvalue weighted by Gasteiger charge is 2.10. The quantitative estimate of drug-likeness (QED) is 0.773. The molecule has 0 saturated carbocycles. The second-order valence-corrected chi connectivity index (χ2v) is 5.95. The number of aryl methyl sites for hydroxylation is 2. The van der Waals surface area contributed by atoms with Gasteiger partial charge >= 0.3 is 0 Å². The number of halogens is 1. The molecule has 0 unspecified atom stereocenters. The van der Waals surface area contributed by atoms with Gasteiger partial charge in [0.1, 0.15) is 5.82 Å². The molecule has 0 aromatic heterocycles. The normalized spacial score (nSPS) is 11.2. The molecule has 0 fully saturated rings. The molecule has 2 aromatic rings. The van der Waals surface area contributed by atoms with Crippen LogP contribution in [0.3, 0.4) is 0 Å². The molecule has 0 amide bonds. The van der Waals surface area contributed by atoms with Gasteiger partial charge in [-0.15, -0.1) is 0 Å². The van der Waals surface area contributed by atoms with Gasteiger partial charge in [0.2, 0.25) is 0 Å². The first kappa shape index (κ1) is 17.6. The van der Waals surface area contributed by atoms with Crippen molar-refractivity contribution >= 4 is 0 Å². The number of hydrogen-bond donors (Lipinski definition) is 2. The summed E-state index contributed by atoms with van der Waals surface area (Å²) in [6, 6.07) is 13.1. The van der Waals surface area contributed by atoms with E-state index < -0.39 is 0 Å². The van der Waals surface area contributed by atoms with Crippen LogP contribution in [0.2, 0.25) is 0 Å². The molecular formula is C20H25FO2. The van der Waals surface area contributed by atoms with Gasteiger partial charge in [0.15, 0.2) is 0 Å². The van der Waals surface area contributed by atoms with Crippen LogP contribution in [0, 0.1) is 11.7 Å². The first-order valence-electron chi connectivity index (χ1n) is 8.28. The van der Waals surface area contributed by atoms with Gasteiger partial charge in [-0.2, -0.15) is 0 Å². The van der Waals surface area contributed by atoms with Crippen molar-refractivity contribution in [3.63, 3.8) is 0 Å². The van der Waals surface area contributed by atoms with Crippen LogP contribution >= 0.6 is 0 Å². The first-order chi connectivity index (χ1) is 11.2. The smallest absolute Gasteiger partial charge is 0.131 e. The average molecular weight is 316 g/mol. The van der Waals surface area contributed by atoms with Gasteiger partial charge in [0.05, 0.1) is 0 Å². The van der Waals surface area contributed by atoms with Crippen molar-refractivity contribution in [2.24, 2.45) is 5.92 Å². The van der Waals surface area contributed by atoms with Gasteiger partial charge < -0.3 is 10.2 Å². The maximum absolute atomic E-state index is 14.0. The van der Waals surface area contributed by atoms with E-state index in [0.29, 0.717) is 5.56 Å². The minimum absolute atomic E-state index is 0.0293. The number of hydrogen-bond acceptors (Lipinski definition) is 2. The summed E-state index contributed by atoms with van der Waals surface area (Å²) in [4.78, 5) is 0. The van der Waals surface area contributed by atoms with Gasteiger partial charge in [0, 0.05) is 24.7 Å². The number of benzene rings is 2. The molecule has 0 radical (unpaired) electrons. The van der Waals surface area contributed by atoms with Crippen molar-refractivity contribution in [1.82, 2.24) is 0 Å². The zero-order chi connectivity index (χ0) is 16.7. The lowest BCUT2D eigenvalue weighted by atomic mass is 9.93. The lowest BCUT2D eigenvalue weighted by Crippen LogP contribution is -2.11. The Morgan fingerprint density at radius 3 is 2.39 bits per heavy atom. The summed E-state index contributed by atoms with van der Waals surface area (Å²) in [5, 5.41) is 18.2. The molecular weight excluding hydrogens is 291 g/mol. The molecule has 2 rings (SSSR count). The van der Waals surface area contributed by atoms with Crippen LogP contribution < -0.4 is 0 Å². The number of aliphatic hydroxyl groups excluding tert-OH is 2. The summed E-state index contributed by atoms with van der Waals surface area (Å²) in [5.74, 6) is -0.220. The van der Waals surface area contributed by atoms with Crippen LogP contribution in [0.4, 0.5) is 4.39 Å². The van der Waals surface area contributed by atoms with Crippen LogP contribution in [0.15, 0.2) is 42.5 Å². The zero-order valence-electron chi connectivity index (χ0n) is 13.6. The van der Waals surface area contributed by atoms with E-state index >= 15 is 0 Å². The van der Waals surface area contributed by atoms with Crippen molar-refractivity contribution in [1.29, 1.82) is 0 Å². The fourth-order valence-corrected chi connectivity index (χ4v) is 2.87. The summed E-state index contributed by atoms with van der Waals surface area (Å²) < 4.78 is 14.0. The largest absolute Gasteiger partial charge is 0.396 e. The van der Waals surface area contributed by atoms with Crippen LogP contribution in [0.5, 0.6) is 0 Å². The Hall–Kier alpha value is -1.71. The Balaban J connectivity index is 2.12. The van der Waals surface area contributed by atoms with E-state index in [-0.39, 0.29) is 24.9 Å². The lowest BCUT2D eigenvalue weighted by molar-refractivity contribution is 0.142.